The summed E-state index contributed by atoms with van der Waals surface area (Å²) >= 11 is 0. The molecule has 0 fully saturated rings. The minimum absolute atomic E-state index is 0.518. The van der Waals surface area contributed by atoms with Crippen molar-refractivity contribution in [3.8, 4) is 0 Å². The van der Waals surface area contributed by atoms with Crippen molar-refractivity contribution in [3.63, 3.8) is 0 Å². The van der Waals surface area contributed by atoms with Crippen LogP contribution in [-0.2, 0) is 17.8 Å². The van der Waals surface area contributed by atoms with Gasteiger partial charge >= 0.3 is 0 Å². The largest absolute Gasteiger partial charge is 0.375 e. The van der Waals surface area contributed by atoms with Crippen molar-refractivity contribution in [1.29, 1.82) is 0 Å². The molecule has 2 aromatic rings. The fourth-order valence-corrected chi connectivity index (χ4v) is 1.84. The lowest BCUT2D eigenvalue weighted by molar-refractivity contribution is 0.116. The maximum absolute atomic E-state index is 5.61. The zero-order valence-electron chi connectivity index (χ0n) is 10.9. The summed E-state index contributed by atoms with van der Waals surface area (Å²) in [7, 11) is 0. The van der Waals surface area contributed by atoms with Crippen LogP contribution in [0.2, 0.25) is 0 Å². The highest BCUT2D eigenvalue weighted by atomic mass is 16.5. The van der Waals surface area contributed by atoms with E-state index in [2.05, 4.69) is 34.7 Å². The molecule has 0 saturated carbocycles. The molecule has 0 aliphatic rings. The Morgan fingerprint density at radius 2 is 1.89 bits per heavy atom. The summed E-state index contributed by atoms with van der Waals surface area (Å²) in [4.78, 5) is 4.29. The molecule has 3 N–H and O–H groups in total. The van der Waals surface area contributed by atoms with Gasteiger partial charge in [-0.1, -0.05) is 36.4 Å². The molecular weight excluding hydrogens is 238 g/mol. The Hall–Kier alpha value is -1.91. The number of pyridine rings is 1. The molecule has 0 atom stereocenters. The van der Waals surface area contributed by atoms with E-state index in [1.165, 1.54) is 5.56 Å². The number of hydrazine groups is 1. The van der Waals surface area contributed by atoms with Gasteiger partial charge in [-0.3, -0.25) is 0 Å². The second-order valence-electron chi connectivity index (χ2n) is 4.30. The number of nitrogens with two attached hydrogens (primary N) is 1. The summed E-state index contributed by atoms with van der Waals surface area (Å²) < 4.78 is 5.61. The van der Waals surface area contributed by atoms with Gasteiger partial charge in [0.15, 0.2) is 0 Å². The van der Waals surface area contributed by atoms with E-state index >= 15 is 0 Å². The van der Waals surface area contributed by atoms with Crippen LogP contribution in [0.5, 0.6) is 0 Å². The molecule has 0 radical (unpaired) electrons. The molecule has 0 saturated heterocycles. The van der Waals surface area contributed by atoms with E-state index in [1.807, 2.05) is 24.3 Å². The number of benzene rings is 1. The van der Waals surface area contributed by atoms with Gasteiger partial charge in [0.05, 0.1) is 12.3 Å². The Morgan fingerprint density at radius 1 is 1.05 bits per heavy atom. The molecule has 1 aromatic carbocycles. The molecule has 0 amide bonds. The first-order chi connectivity index (χ1) is 9.38. The van der Waals surface area contributed by atoms with Crippen molar-refractivity contribution < 1.29 is 4.74 Å². The quantitative estimate of drug-likeness (QED) is 0.454. The summed E-state index contributed by atoms with van der Waals surface area (Å²) in [5.41, 5.74) is 4.75. The molecular formula is C15H19N3O. The second-order valence-corrected chi connectivity index (χ2v) is 4.30. The van der Waals surface area contributed by atoms with E-state index < -0.39 is 0 Å². The second kappa shape index (κ2) is 7.51. The van der Waals surface area contributed by atoms with Crippen LogP contribution in [-0.4, -0.2) is 11.6 Å². The van der Waals surface area contributed by atoms with E-state index in [4.69, 9.17) is 10.6 Å². The molecule has 100 valence electrons. The van der Waals surface area contributed by atoms with Crippen LogP contribution in [0.1, 0.15) is 17.7 Å². The summed E-state index contributed by atoms with van der Waals surface area (Å²) in [6.07, 6.45) is 2.05. The van der Waals surface area contributed by atoms with Gasteiger partial charge in [-0.05, 0) is 30.5 Å². The molecule has 2 rings (SSSR count). The zero-order valence-corrected chi connectivity index (χ0v) is 10.9. The first kappa shape index (κ1) is 13.5. The molecule has 1 heterocycles. The minimum Gasteiger partial charge on any atom is -0.375 e. The third kappa shape index (κ3) is 4.69. The first-order valence-electron chi connectivity index (χ1n) is 6.43. The average Bonchev–Trinajstić information content (AvgIpc) is 2.48. The lowest BCUT2D eigenvalue weighted by atomic mass is 10.1. The van der Waals surface area contributed by atoms with Crippen molar-refractivity contribution in [3.05, 3.63) is 59.8 Å². The molecule has 19 heavy (non-hydrogen) atoms. The molecule has 1 aromatic heterocycles. The van der Waals surface area contributed by atoms with Crippen molar-refractivity contribution in [1.82, 2.24) is 4.98 Å². The number of hydrogen-bond donors (Lipinski definition) is 2. The fourth-order valence-electron chi connectivity index (χ4n) is 1.84. The number of nitrogens with one attached hydrogen (secondary N) is 1. The Balaban J connectivity index is 1.66. The third-order valence-corrected chi connectivity index (χ3v) is 2.80. The molecule has 0 bridgehead atoms. The van der Waals surface area contributed by atoms with Gasteiger partial charge in [0, 0.05) is 6.61 Å². The third-order valence-electron chi connectivity index (χ3n) is 2.80. The number of ether oxygens (including phenoxy) is 1. The van der Waals surface area contributed by atoms with Crippen molar-refractivity contribution in [2.75, 3.05) is 12.0 Å². The van der Waals surface area contributed by atoms with E-state index in [0.717, 1.165) is 25.1 Å². The number of nitrogens with zero attached hydrogens (tertiary/aromatic N) is 1. The topological polar surface area (TPSA) is 60.2 Å². The van der Waals surface area contributed by atoms with Crippen LogP contribution in [0.25, 0.3) is 0 Å². The number of rotatable bonds is 7. The molecule has 0 spiro atoms. The van der Waals surface area contributed by atoms with E-state index in [0.29, 0.717) is 12.4 Å². The Morgan fingerprint density at radius 3 is 2.68 bits per heavy atom. The SMILES string of the molecule is NNc1cccc(COCCCc2ccccc2)n1. The van der Waals surface area contributed by atoms with Crippen molar-refractivity contribution in [2.24, 2.45) is 5.84 Å². The molecule has 4 heteroatoms. The van der Waals surface area contributed by atoms with Gasteiger partial charge in [0.2, 0.25) is 0 Å². The predicted molar refractivity (Wildman–Crippen MR) is 76.5 cm³/mol. The monoisotopic (exact) mass is 257 g/mol. The number of aryl methyl sites for hydroxylation is 1. The molecule has 0 aliphatic carbocycles. The van der Waals surface area contributed by atoms with E-state index in [1.54, 1.807) is 0 Å². The van der Waals surface area contributed by atoms with Crippen LogP contribution in [0.3, 0.4) is 0 Å². The van der Waals surface area contributed by atoms with Gasteiger partial charge in [-0.25, -0.2) is 10.8 Å². The number of hydrogen-bond acceptors (Lipinski definition) is 4. The van der Waals surface area contributed by atoms with E-state index in [-0.39, 0.29) is 0 Å². The Labute approximate surface area is 113 Å². The minimum atomic E-state index is 0.518. The highest BCUT2D eigenvalue weighted by Gasteiger charge is 1.97. The summed E-state index contributed by atoms with van der Waals surface area (Å²) in [6.45, 7) is 1.25. The highest BCUT2D eigenvalue weighted by Crippen LogP contribution is 2.06. The average molecular weight is 257 g/mol. The molecule has 0 unspecified atom stereocenters. The number of nitrogen functional groups attached to an aromatic ring is 1. The standard InChI is InChI=1S/C15H19N3O/c16-18-15-10-4-9-14(17-15)12-19-11-5-8-13-6-2-1-3-7-13/h1-4,6-7,9-10H,5,8,11-12,16H2,(H,17,18). The summed E-state index contributed by atoms with van der Waals surface area (Å²) in [5, 5.41) is 0. The van der Waals surface area contributed by atoms with Gasteiger partial charge in [0.1, 0.15) is 5.82 Å². The Kier molecular flexibility index (Phi) is 5.34. The maximum Gasteiger partial charge on any atom is 0.140 e. The number of anilines is 1. The lowest BCUT2D eigenvalue weighted by Crippen LogP contribution is -2.09. The first-order valence-corrected chi connectivity index (χ1v) is 6.43. The lowest BCUT2D eigenvalue weighted by Gasteiger charge is -2.05. The summed E-state index contributed by atoms with van der Waals surface area (Å²) in [5.74, 6) is 5.96. The normalized spacial score (nSPS) is 10.4. The van der Waals surface area contributed by atoms with Crippen molar-refractivity contribution in [2.45, 2.75) is 19.4 Å². The van der Waals surface area contributed by atoms with Crippen LogP contribution >= 0.6 is 0 Å². The molecule has 0 aliphatic heterocycles. The molecule has 4 nitrogen and oxygen atoms in total. The van der Waals surface area contributed by atoms with Crippen molar-refractivity contribution >= 4 is 5.82 Å². The zero-order chi connectivity index (χ0) is 13.3. The van der Waals surface area contributed by atoms with Gasteiger partial charge < -0.3 is 10.2 Å². The van der Waals surface area contributed by atoms with Crippen LogP contribution < -0.4 is 11.3 Å². The maximum atomic E-state index is 5.61. The van der Waals surface area contributed by atoms with Crippen LogP contribution in [0.15, 0.2) is 48.5 Å². The Bertz CT molecular complexity index is 488. The summed E-state index contributed by atoms with van der Waals surface area (Å²) in [6, 6.07) is 16.1. The van der Waals surface area contributed by atoms with Gasteiger partial charge in [0.25, 0.3) is 0 Å². The van der Waals surface area contributed by atoms with Crippen LogP contribution in [0.4, 0.5) is 5.82 Å². The highest BCUT2D eigenvalue weighted by molar-refractivity contribution is 5.33. The van der Waals surface area contributed by atoms with Crippen LogP contribution in [0, 0.1) is 0 Å². The number of aromatic nitrogens is 1. The van der Waals surface area contributed by atoms with Gasteiger partial charge in [-0.2, -0.15) is 0 Å². The van der Waals surface area contributed by atoms with E-state index in [9.17, 15) is 0 Å². The fraction of sp³-hybridized carbons (Fsp3) is 0.267. The smallest absolute Gasteiger partial charge is 0.140 e. The van der Waals surface area contributed by atoms with Gasteiger partial charge in [-0.15, -0.1) is 0 Å². The predicted octanol–water partition coefficient (Wildman–Crippen LogP) is 2.52.